The molecule has 5 heteroatoms. The van der Waals surface area contributed by atoms with Gasteiger partial charge in [0, 0.05) is 23.0 Å². The number of rotatable bonds is 4. The number of aromatic nitrogens is 1. The number of nitrogens with one attached hydrogen (secondary N) is 1. The maximum atomic E-state index is 10.5. The summed E-state index contributed by atoms with van der Waals surface area (Å²) in [6.45, 7) is 2.13. The number of hydrogen-bond acceptors (Lipinski definition) is 4. The molecule has 0 saturated carbocycles. The molecule has 0 saturated heterocycles. The first-order valence-corrected chi connectivity index (χ1v) is 10.6. The van der Waals surface area contributed by atoms with E-state index in [2.05, 4.69) is 59.7 Å². The monoisotopic (exact) mass is 406 g/mol. The molecule has 1 aromatic heterocycles. The number of hydrogen-bond donors (Lipinski definition) is 2. The first kappa shape index (κ1) is 20.9. The minimum absolute atomic E-state index is 0.238. The molecular weight excluding hydrogens is 380 g/mol. The van der Waals surface area contributed by atoms with Crippen LogP contribution in [-0.4, -0.2) is 23.1 Å². The van der Waals surface area contributed by atoms with Crippen molar-refractivity contribution in [3.8, 4) is 0 Å². The number of pyridine rings is 1. The summed E-state index contributed by atoms with van der Waals surface area (Å²) in [6.07, 6.45) is 8.17. The summed E-state index contributed by atoms with van der Waals surface area (Å²) >= 11 is 1.87. The molecule has 0 bridgehead atoms. The van der Waals surface area contributed by atoms with Crippen molar-refractivity contribution < 1.29 is 9.90 Å². The van der Waals surface area contributed by atoms with Crippen molar-refractivity contribution in [1.82, 2.24) is 4.98 Å². The molecule has 0 amide bonds. The van der Waals surface area contributed by atoms with Gasteiger partial charge < -0.3 is 10.4 Å². The van der Waals surface area contributed by atoms with Gasteiger partial charge >= 0.3 is 5.97 Å². The molecule has 4 rings (SSSR count). The molecule has 1 aliphatic rings. The van der Waals surface area contributed by atoms with E-state index in [0.717, 1.165) is 0 Å². The highest BCUT2D eigenvalue weighted by molar-refractivity contribution is 7.99. The Morgan fingerprint density at radius 1 is 1.00 bits per heavy atom. The fraction of sp³-hybridized carbons (Fsp3) is 0.250. The second-order valence-corrected chi connectivity index (χ2v) is 8.18. The number of nitrogens with zero attached hydrogens (tertiary/aromatic N) is 1. The van der Waals surface area contributed by atoms with Gasteiger partial charge in [-0.1, -0.05) is 35.5 Å². The van der Waals surface area contributed by atoms with Crippen LogP contribution in [0.25, 0.3) is 0 Å². The fourth-order valence-corrected chi connectivity index (χ4v) is 4.18. The lowest BCUT2D eigenvalue weighted by molar-refractivity contribution is 0.0698. The Balaban J connectivity index is 0.000000188. The molecule has 0 spiro atoms. The van der Waals surface area contributed by atoms with E-state index in [1.54, 1.807) is 18.2 Å². The minimum atomic E-state index is -0.947. The van der Waals surface area contributed by atoms with Crippen molar-refractivity contribution in [2.75, 3.05) is 12.4 Å². The van der Waals surface area contributed by atoms with Gasteiger partial charge in [-0.15, -0.1) is 0 Å². The van der Waals surface area contributed by atoms with Crippen LogP contribution in [0.15, 0.2) is 70.7 Å². The second kappa shape index (κ2) is 10.1. The Hall–Kier alpha value is -2.79. The highest BCUT2D eigenvalue weighted by atomic mass is 32.2. The van der Waals surface area contributed by atoms with Gasteiger partial charge in [-0.25, -0.2) is 4.79 Å². The van der Waals surface area contributed by atoms with Crippen molar-refractivity contribution in [2.24, 2.45) is 0 Å². The molecule has 3 aromatic rings. The van der Waals surface area contributed by atoms with Crippen LogP contribution in [0.4, 0.5) is 5.69 Å². The second-order valence-electron chi connectivity index (χ2n) is 7.03. The molecule has 0 radical (unpaired) electrons. The van der Waals surface area contributed by atoms with E-state index >= 15 is 0 Å². The van der Waals surface area contributed by atoms with E-state index in [9.17, 15) is 4.79 Å². The van der Waals surface area contributed by atoms with Crippen LogP contribution < -0.4 is 5.32 Å². The Labute approximate surface area is 176 Å². The smallest absolute Gasteiger partial charge is 0.337 e. The summed E-state index contributed by atoms with van der Waals surface area (Å²) in [6, 6.07) is 17.2. The maximum Gasteiger partial charge on any atom is 0.337 e. The SMILES string of the molecule is CNc1cnccc1C(=O)O.Cc1ccc(Sc2ccc3c(c2)CCCC3)cc1. The maximum absolute atomic E-state index is 10.5. The highest BCUT2D eigenvalue weighted by Gasteiger charge is 2.10. The van der Waals surface area contributed by atoms with Gasteiger partial charge in [0.25, 0.3) is 0 Å². The Bertz CT molecular complexity index is 971. The predicted molar refractivity (Wildman–Crippen MR) is 119 cm³/mol. The lowest BCUT2D eigenvalue weighted by Crippen LogP contribution is -2.02. The van der Waals surface area contributed by atoms with Crippen LogP contribution in [0, 0.1) is 6.92 Å². The van der Waals surface area contributed by atoms with Gasteiger partial charge in [-0.3, -0.25) is 4.98 Å². The Morgan fingerprint density at radius 3 is 2.34 bits per heavy atom. The van der Waals surface area contributed by atoms with E-state index in [4.69, 9.17) is 5.11 Å². The summed E-state index contributed by atoms with van der Waals surface area (Å²) in [5.74, 6) is -0.947. The lowest BCUT2D eigenvalue weighted by atomic mass is 9.92. The molecule has 1 heterocycles. The van der Waals surface area contributed by atoms with E-state index in [1.807, 2.05) is 11.8 Å². The molecule has 2 N–H and O–H groups in total. The summed E-state index contributed by atoms with van der Waals surface area (Å²) in [4.78, 5) is 17.0. The number of anilines is 1. The quantitative estimate of drug-likeness (QED) is 0.569. The lowest BCUT2D eigenvalue weighted by Gasteiger charge is -2.16. The molecule has 4 nitrogen and oxygen atoms in total. The van der Waals surface area contributed by atoms with Crippen LogP contribution in [-0.2, 0) is 12.8 Å². The average Bonchev–Trinajstić information content (AvgIpc) is 2.75. The normalized spacial score (nSPS) is 12.3. The number of carboxylic acids is 1. The number of carbonyl (C=O) groups is 1. The number of carboxylic acid groups (broad SMARTS) is 1. The third-order valence-electron chi connectivity index (χ3n) is 4.90. The molecule has 0 unspecified atom stereocenters. The predicted octanol–water partition coefficient (Wildman–Crippen LogP) is 5.85. The summed E-state index contributed by atoms with van der Waals surface area (Å²) in [5.41, 5.74) is 5.22. The van der Waals surface area contributed by atoms with Gasteiger partial charge in [-0.05, 0) is 74.1 Å². The molecule has 0 aliphatic heterocycles. The fourth-order valence-electron chi connectivity index (χ4n) is 3.30. The average molecular weight is 407 g/mol. The zero-order valence-corrected chi connectivity index (χ0v) is 17.6. The Kier molecular flexibility index (Phi) is 7.30. The zero-order valence-electron chi connectivity index (χ0n) is 16.8. The van der Waals surface area contributed by atoms with Crippen LogP contribution >= 0.6 is 11.8 Å². The van der Waals surface area contributed by atoms with Crippen LogP contribution in [0.1, 0.15) is 39.9 Å². The Morgan fingerprint density at radius 2 is 1.69 bits per heavy atom. The van der Waals surface area contributed by atoms with Crippen LogP contribution in [0.2, 0.25) is 0 Å². The number of aryl methyl sites for hydroxylation is 3. The van der Waals surface area contributed by atoms with Crippen molar-refractivity contribution in [1.29, 1.82) is 0 Å². The molecule has 2 aromatic carbocycles. The molecule has 150 valence electrons. The van der Waals surface area contributed by atoms with E-state index in [-0.39, 0.29) is 5.56 Å². The number of fused-ring (bicyclic) bond motifs is 1. The zero-order chi connectivity index (χ0) is 20.6. The van der Waals surface area contributed by atoms with Gasteiger partial charge in [0.1, 0.15) is 0 Å². The molecule has 1 aliphatic carbocycles. The van der Waals surface area contributed by atoms with Crippen molar-refractivity contribution in [2.45, 2.75) is 42.4 Å². The van der Waals surface area contributed by atoms with Gasteiger partial charge in [0.2, 0.25) is 0 Å². The topological polar surface area (TPSA) is 62.2 Å². The van der Waals surface area contributed by atoms with Crippen molar-refractivity contribution in [3.05, 3.63) is 83.2 Å². The van der Waals surface area contributed by atoms with Crippen molar-refractivity contribution >= 4 is 23.4 Å². The summed E-state index contributed by atoms with van der Waals surface area (Å²) in [7, 11) is 1.66. The molecule has 0 atom stereocenters. The van der Waals surface area contributed by atoms with Gasteiger partial charge in [0.15, 0.2) is 0 Å². The first-order valence-electron chi connectivity index (χ1n) is 9.78. The van der Waals surface area contributed by atoms with E-state index in [0.29, 0.717) is 5.69 Å². The van der Waals surface area contributed by atoms with Crippen LogP contribution in [0.5, 0.6) is 0 Å². The van der Waals surface area contributed by atoms with E-state index < -0.39 is 5.97 Å². The van der Waals surface area contributed by atoms with Gasteiger partial charge in [0.05, 0.1) is 17.4 Å². The number of benzene rings is 2. The molecule has 0 fully saturated rings. The van der Waals surface area contributed by atoms with Crippen LogP contribution in [0.3, 0.4) is 0 Å². The summed E-state index contributed by atoms with van der Waals surface area (Å²) in [5, 5.41) is 11.4. The first-order chi connectivity index (χ1) is 14.1. The largest absolute Gasteiger partial charge is 0.478 e. The molecular formula is C24H26N2O2S. The van der Waals surface area contributed by atoms with Gasteiger partial charge in [-0.2, -0.15) is 0 Å². The molecule has 29 heavy (non-hydrogen) atoms. The van der Waals surface area contributed by atoms with Crippen molar-refractivity contribution in [3.63, 3.8) is 0 Å². The van der Waals surface area contributed by atoms with E-state index in [1.165, 1.54) is 59.5 Å². The third-order valence-corrected chi connectivity index (χ3v) is 5.89. The highest BCUT2D eigenvalue weighted by Crippen LogP contribution is 2.31. The third kappa shape index (κ3) is 5.84. The number of aromatic carboxylic acids is 1. The standard InChI is InChI=1S/C17H18S.C7H8N2O2/c1-13-6-9-16(10-7-13)18-17-11-8-14-4-2-3-5-15(14)12-17;1-8-6-4-9-3-2-5(6)7(10)11/h6-12H,2-5H2,1H3;2-4,8H,1H3,(H,10,11). The summed E-state index contributed by atoms with van der Waals surface area (Å²) < 4.78 is 0. The minimum Gasteiger partial charge on any atom is -0.478 e.